The molecule has 0 spiro atoms. The predicted molar refractivity (Wildman–Crippen MR) is 86.1 cm³/mol. The second-order valence-corrected chi connectivity index (χ2v) is 5.83. The van der Waals surface area contributed by atoms with Crippen molar-refractivity contribution >= 4 is 22.4 Å². The molecule has 1 aromatic heterocycles. The highest BCUT2D eigenvalue weighted by Gasteiger charge is 2.17. The summed E-state index contributed by atoms with van der Waals surface area (Å²) in [5.74, 6) is 1.10. The van der Waals surface area contributed by atoms with Gasteiger partial charge in [-0.3, -0.25) is 0 Å². The van der Waals surface area contributed by atoms with E-state index in [-0.39, 0.29) is 0 Å². The average molecular weight is 283 g/mol. The lowest BCUT2D eigenvalue weighted by atomic mass is 10.2. The van der Waals surface area contributed by atoms with Crippen molar-refractivity contribution in [1.29, 1.82) is 0 Å². The molecule has 2 saturated heterocycles. The maximum Gasteiger partial charge on any atom is 0.139 e. The Morgan fingerprint density at radius 2 is 1.71 bits per heavy atom. The van der Waals surface area contributed by atoms with Crippen LogP contribution < -0.4 is 15.1 Å². The van der Waals surface area contributed by atoms with Gasteiger partial charge in [0.2, 0.25) is 0 Å². The van der Waals surface area contributed by atoms with Crippen molar-refractivity contribution in [3.63, 3.8) is 0 Å². The van der Waals surface area contributed by atoms with Crippen molar-refractivity contribution in [2.45, 2.75) is 12.8 Å². The van der Waals surface area contributed by atoms with Crippen LogP contribution in [0.15, 0.2) is 24.5 Å². The van der Waals surface area contributed by atoms with Crippen LogP contribution >= 0.6 is 0 Å². The molecule has 4 rings (SSSR count). The standard InChI is InChI=1S/C16H21N5/c1-2-8-21(7-1)16-14-4-3-13(11-15(14)18-12-19-16)20-9-5-17-6-10-20/h3-4,11-12,17H,1-2,5-10H2. The number of rotatable bonds is 2. The van der Waals surface area contributed by atoms with Crippen molar-refractivity contribution in [2.75, 3.05) is 49.1 Å². The minimum absolute atomic E-state index is 1.06. The van der Waals surface area contributed by atoms with Crippen LogP contribution in [0.5, 0.6) is 0 Å². The van der Waals surface area contributed by atoms with Gasteiger partial charge in [0.25, 0.3) is 0 Å². The number of benzene rings is 1. The lowest BCUT2D eigenvalue weighted by Crippen LogP contribution is -2.43. The van der Waals surface area contributed by atoms with Crippen LogP contribution in [-0.2, 0) is 0 Å². The van der Waals surface area contributed by atoms with Gasteiger partial charge in [0.1, 0.15) is 12.1 Å². The molecule has 21 heavy (non-hydrogen) atoms. The van der Waals surface area contributed by atoms with Crippen molar-refractivity contribution in [3.05, 3.63) is 24.5 Å². The largest absolute Gasteiger partial charge is 0.369 e. The summed E-state index contributed by atoms with van der Waals surface area (Å²) in [4.78, 5) is 13.8. The summed E-state index contributed by atoms with van der Waals surface area (Å²) in [7, 11) is 0. The highest BCUT2D eigenvalue weighted by Crippen LogP contribution is 2.28. The second kappa shape index (κ2) is 5.48. The van der Waals surface area contributed by atoms with Gasteiger partial charge in [-0.25, -0.2) is 9.97 Å². The number of hydrogen-bond acceptors (Lipinski definition) is 5. The Hall–Kier alpha value is -1.88. The molecule has 1 N–H and O–H groups in total. The first-order valence-electron chi connectivity index (χ1n) is 7.87. The molecular weight excluding hydrogens is 262 g/mol. The number of nitrogens with one attached hydrogen (secondary N) is 1. The molecule has 1 aromatic carbocycles. The van der Waals surface area contributed by atoms with Gasteiger partial charge in [-0.1, -0.05) is 0 Å². The van der Waals surface area contributed by atoms with Crippen molar-refractivity contribution in [3.8, 4) is 0 Å². The molecule has 2 aliphatic heterocycles. The molecule has 5 heteroatoms. The van der Waals surface area contributed by atoms with Gasteiger partial charge in [-0.05, 0) is 31.0 Å². The highest BCUT2D eigenvalue weighted by atomic mass is 15.2. The minimum Gasteiger partial charge on any atom is -0.369 e. The van der Waals surface area contributed by atoms with Gasteiger partial charge in [0, 0.05) is 50.3 Å². The van der Waals surface area contributed by atoms with Crippen LogP contribution in [0.3, 0.4) is 0 Å². The van der Waals surface area contributed by atoms with Crippen molar-refractivity contribution in [1.82, 2.24) is 15.3 Å². The van der Waals surface area contributed by atoms with Gasteiger partial charge in [0.15, 0.2) is 0 Å². The third kappa shape index (κ3) is 2.42. The maximum absolute atomic E-state index is 4.52. The van der Waals surface area contributed by atoms with Crippen molar-refractivity contribution < 1.29 is 0 Å². The molecule has 0 saturated carbocycles. The molecule has 2 aliphatic rings. The van der Waals surface area contributed by atoms with E-state index in [0.717, 1.165) is 50.6 Å². The Morgan fingerprint density at radius 3 is 2.52 bits per heavy atom. The SMILES string of the molecule is c1nc(N2CCCC2)c2ccc(N3CCNCC3)cc2n1. The molecule has 0 bridgehead atoms. The molecule has 0 aliphatic carbocycles. The summed E-state index contributed by atoms with van der Waals surface area (Å²) in [6, 6.07) is 6.62. The normalized spacial score (nSPS) is 19.4. The number of fused-ring (bicyclic) bond motifs is 1. The quantitative estimate of drug-likeness (QED) is 0.908. The van der Waals surface area contributed by atoms with Gasteiger partial charge in [0.05, 0.1) is 5.52 Å². The first-order chi connectivity index (χ1) is 10.4. The maximum atomic E-state index is 4.52. The van der Waals surface area contributed by atoms with E-state index in [1.807, 2.05) is 0 Å². The lowest BCUT2D eigenvalue weighted by molar-refractivity contribution is 0.589. The summed E-state index contributed by atoms with van der Waals surface area (Å²) in [5.41, 5.74) is 2.33. The van der Waals surface area contributed by atoms with E-state index in [1.54, 1.807) is 6.33 Å². The van der Waals surface area contributed by atoms with Crippen LogP contribution in [0, 0.1) is 0 Å². The number of aromatic nitrogens is 2. The Labute approximate surface area is 125 Å². The zero-order valence-electron chi connectivity index (χ0n) is 12.3. The number of piperazine rings is 1. The molecule has 0 radical (unpaired) electrons. The highest BCUT2D eigenvalue weighted by molar-refractivity contribution is 5.91. The molecule has 3 heterocycles. The summed E-state index contributed by atoms with van der Waals surface area (Å²) in [6.45, 7) is 6.48. The van der Waals surface area contributed by atoms with E-state index in [9.17, 15) is 0 Å². The van der Waals surface area contributed by atoms with Gasteiger partial charge >= 0.3 is 0 Å². The van der Waals surface area contributed by atoms with E-state index in [1.165, 1.54) is 23.9 Å². The van der Waals surface area contributed by atoms with Crippen LogP contribution in [0.4, 0.5) is 11.5 Å². The lowest BCUT2D eigenvalue weighted by Gasteiger charge is -2.29. The molecule has 0 unspecified atom stereocenters. The average Bonchev–Trinajstić information content (AvgIpc) is 3.09. The van der Waals surface area contributed by atoms with Crippen LogP contribution in [0.2, 0.25) is 0 Å². The zero-order valence-corrected chi connectivity index (χ0v) is 12.3. The predicted octanol–water partition coefficient (Wildman–Crippen LogP) is 1.64. The van der Waals surface area contributed by atoms with Crippen molar-refractivity contribution in [2.24, 2.45) is 0 Å². The number of hydrogen-bond donors (Lipinski definition) is 1. The van der Waals surface area contributed by atoms with Gasteiger partial charge in [-0.2, -0.15) is 0 Å². The Kier molecular flexibility index (Phi) is 3.35. The first-order valence-corrected chi connectivity index (χ1v) is 7.87. The molecule has 0 amide bonds. The minimum atomic E-state index is 1.06. The smallest absolute Gasteiger partial charge is 0.139 e. The second-order valence-electron chi connectivity index (χ2n) is 5.83. The molecule has 2 fully saturated rings. The molecule has 2 aromatic rings. The monoisotopic (exact) mass is 283 g/mol. The number of nitrogens with zero attached hydrogens (tertiary/aromatic N) is 4. The zero-order chi connectivity index (χ0) is 14.1. The van der Waals surface area contributed by atoms with Crippen LogP contribution in [-0.4, -0.2) is 49.2 Å². The van der Waals surface area contributed by atoms with Gasteiger partial charge in [-0.15, -0.1) is 0 Å². The Morgan fingerprint density at radius 1 is 0.905 bits per heavy atom. The molecular formula is C16H21N5. The third-order valence-corrected chi connectivity index (χ3v) is 4.49. The molecule has 110 valence electrons. The van der Waals surface area contributed by atoms with E-state index in [0.29, 0.717) is 0 Å². The summed E-state index contributed by atoms with van der Waals surface area (Å²) in [5, 5.41) is 4.57. The third-order valence-electron chi connectivity index (χ3n) is 4.49. The van der Waals surface area contributed by atoms with Gasteiger partial charge < -0.3 is 15.1 Å². The summed E-state index contributed by atoms with van der Waals surface area (Å²) in [6.07, 6.45) is 4.24. The first kappa shape index (κ1) is 12.8. The van der Waals surface area contributed by atoms with Crippen LogP contribution in [0.1, 0.15) is 12.8 Å². The topological polar surface area (TPSA) is 44.3 Å². The van der Waals surface area contributed by atoms with E-state index in [4.69, 9.17) is 0 Å². The molecule has 0 atom stereocenters. The van der Waals surface area contributed by atoms with E-state index < -0.39 is 0 Å². The Balaban J connectivity index is 1.71. The fraction of sp³-hybridized carbons (Fsp3) is 0.500. The van der Waals surface area contributed by atoms with E-state index in [2.05, 4.69) is 43.3 Å². The Bertz CT molecular complexity index is 630. The fourth-order valence-corrected chi connectivity index (χ4v) is 3.33. The molecule has 5 nitrogen and oxygen atoms in total. The number of anilines is 2. The fourth-order valence-electron chi connectivity index (χ4n) is 3.33. The summed E-state index contributed by atoms with van der Waals surface area (Å²) >= 11 is 0. The summed E-state index contributed by atoms with van der Waals surface area (Å²) < 4.78 is 0. The van der Waals surface area contributed by atoms with E-state index >= 15 is 0 Å². The van der Waals surface area contributed by atoms with Crippen LogP contribution in [0.25, 0.3) is 10.9 Å².